The maximum atomic E-state index is 6.11. The fourth-order valence-electron chi connectivity index (χ4n) is 1.81. The Hall–Kier alpha value is -0.440. The molecule has 1 aliphatic rings. The monoisotopic (exact) mass is 274 g/mol. The van der Waals surface area contributed by atoms with E-state index in [-0.39, 0.29) is 17.6 Å². The van der Waals surface area contributed by atoms with Crippen molar-refractivity contribution in [3.63, 3.8) is 0 Å². The van der Waals surface area contributed by atoms with Crippen molar-refractivity contribution < 1.29 is 9.47 Å². The lowest BCUT2D eigenvalue weighted by molar-refractivity contribution is -0.0797. The zero-order valence-electron chi connectivity index (χ0n) is 9.74. The predicted octanol–water partition coefficient (Wildman–Crippen LogP) is 3.89. The van der Waals surface area contributed by atoms with Crippen molar-refractivity contribution in [2.45, 2.75) is 37.4 Å². The van der Waals surface area contributed by atoms with Gasteiger partial charge in [0.1, 0.15) is 18.0 Å². The van der Waals surface area contributed by atoms with Crippen molar-refractivity contribution >= 4 is 23.2 Å². The number of ether oxygens (including phenoxy) is 2. The van der Waals surface area contributed by atoms with E-state index in [1.807, 2.05) is 24.3 Å². The largest absolute Gasteiger partial charge is 0.486 e. The molecule has 2 rings (SSSR count). The lowest BCUT2D eigenvalue weighted by Gasteiger charge is -2.40. The summed E-state index contributed by atoms with van der Waals surface area (Å²) >= 11 is 12.2. The average Bonchev–Trinajstić information content (AvgIpc) is 2.31. The molecule has 3 unspecified atom stereocenters. The number of hydrogen-bond acceptors (Lipinski definition) is 2. The number of benzene rings is 1. The third kappa shape index (κ3) is 3.06. The Morgan fingerprint density at radius 3 is 2.76 bits per heavy atom. The van der Waals surface area contributed by atoms with E-state index < -0.39 is 0 Å². The summed E-state index contributed by atoms with van der Waals surface area (Å²) in [5.41, 5.74) is 0. The first-order chi connectivity index (χ1) is 8.22. The summed E-state index contributed by atoms with van der Waals surface area (Å²) in [6, 6.07) is 7.46. The second kappa shape index (κ2) is 5.94. The van der Waals surface area contributed by atoms with Crippen LogP contribution in [0.1, 0.15) is 19.8 Å². The Labute approximate surface area is 112 Å². The summed E-state index contributed by atoms with van der Waals surface area (Å²) in [6.07, 6.45) is 1.79. The van der Waals surface area contributed by atoms with Crippen LogP contribution in [0.15, 0.2) is 24.3 Å². The Balaban J connectivity index is 1.93. The van der Waals surface area contributed by atoms with Crippen LogP contribution in [0.3, 0.4) is 0 Å². The predicted molar refractivity (Wildman–Crippen MR) is 70.2 cm³/mol. The number of rotatable bonds is 5. The molecule has 0 amide bonds. The molecule has 0 aliphatic heterocycles. The topological polar surface area (TPSA) is 18.5 Å². The maximum absolute atomic E-state index is 6.11. The van der Waals surface area contributed by atoms with Gasteiger partial charge < -0.3 is 9.47 Å². The minimum Gasteiger partial charge on any atom is -0.486 e. The van der Waals surface area contributed by atoms with Crippen molar-refractivity contribution in [2.75, 3.05) is 6.61 Å². The van der Waals surface area contributed by atoms with Gasteiger partial charge in [0.15, 0.2) is 0 Å². The van der Waals surface area contributed by atoms with Crippen LogP contribution >= 0.6 is 23.2 Å². The summed E-state index contributed by atoms with van der Waals surface area (Å²) in [5, 5.41) is 0.675. The molecule has 0 bridgehead atoms. The molecule has 3 atom stereocenters. The molecule has 1 aromatic carbocycles. The van der Waals surface area contributed by atoms with E-state index in [1.165, 1.54) is 0 Å². The molecular weight excluding hydrogens is 259 g/mol. The van der Waals surface area contributed by atoms with Gasteiger partial charge in [0.2, 0.25) is 0 Å². The zero-order chi connectivity index (χ0) is 12.3. The van der Waals surface area contributed by atoms with Crippen LogP contribution in [0, 0.1) is 0 Å². The SMILES string of the molecule is CCCOC1C(Cl)CC1Oc1ccccc1Cl. The van der Waals surface area contributed by atoms with Crippen LogP contribution in [-0.2, 0) is 4.74 Å². The van der Waals surface area contributed by atoms with Crippen LogP contribution in [0.4, 0.5) is 0 Å². The molecule has 1 aromatic rings. The number of para-hydroxylation sites is 1. The molecule has 0 saturated heterocycles. The van der Waals surface area contributed by atoms with E-state index in [1.54, 1.807) is 0 Å². The molecule has 1 saturated carbocycles. The zero-order valence-corrected chi connectivity index (χ0v) is 11.2. The van der Waals surface area contributed by atoms with E-state index in [0.29, 0.717) is 10.8 Å². The number of hydrogen-bond donors (Lipinski definition) is 0. The van der Waals surface area contributed by atoms with Crippen molar-refractivity contribution in [3.05, 3.63) is 29.3 Å². The van der Waals surface area contributed by atoms with Gasteiger partial charge in [0.05, 0.1) is 10.4 Å². The molecule has 0 aromatic heterocycles. The standard InChI is InChI=1S/C13H16Cl2O2/c1-2-7-16-13-10(15)8-12(13)17-11-6-4-3-5-9(11)14/h3-6,10,12-13H,2,7-8H2,1H3. The summed E-state index contributed by atoms with van der Waals surface area (Å²) in [7, 11) is 0. The van der Waals surface area contributed by atoms with Gasteiger partial charge in [-0.15, -0.1) is 11.6 Å². The Morgan fingerprint density at radius 2 is 2.12 bits per heavy atom. The van der Waals surface area contributed by atoms with Crippen molar-refractivity contribution in [1.29, 1.82) is 0 Å². The quantitative estimate of drug-likeness (QED) is 0.759. The molecule has 94 valence electrons. The normalized spacial score (nSPS) is 27.6. The van der Waals surface area contributed by atoms with E-state index in [2.05, 4.69) is 6.92 Å². The molecule has 2 nitrogen and oxygen atoms in total. The second-order valence-electron chi connectivity index (χ2n) is 4.17. The first kappa shape index (κ1) is 13.0. The number of halogens is 2. The van der Waals surface area contributed by atoms with Crippen LogP contribution in [0.5, 0.6) is 5.75 Å². The molecule has 0 N–H and O–H groups in total. The van der Waals surface area contributed by atoms with Crippen LogP contribution in [0.2, 0.25) is 5.02 Å². The molecule has 4 heteroatoms. The molecule has 0 radical (unpaired) electrons. The summed E-state index contributed by atoms with van der Waals surface area (Å²) in [6.45, 7) is 2.79. The highest BCUT2D eigenvalue weighted by atomic mass is 35.5. The highest BCUT2D eigenvalue weighted by Gasteiger charge is 2.42. The van der Waals surface area contributed by atoms with Gasteiger partial charge in [0.25, 0.3) is 0 Å². The molecule has 1 fully saturated rings. The van der Waals surface area contributed by atoms with Crippen LogP contribution in [0.25, 0.3) is 0 Å². The molecule has 0 heterocycles. The smallest absolute Gasteiger partial charge is 0.138 e. The third-order valence-electron chi connectivity index (χ3n) is 2.81. The first-order valence-corrected chi connectivity index (χ1v) is 6.70. The van der Waals surface area contributed by atoms with Gasteiger partial charge in [-0.3, -0.25) is 0 Å². The first-order valence-electron chi connectivity index (χ1n) is 5.89. The molecular formula is C13H16Cl2O2. The van der Waals surface area contributed by atoms with Gasteiger partial charge in [0, 0.05) is 13.0 Å². The summed E-state index contributed by atoms with van der Waals surface area (Å²) in [5.74, 6) is 0.702. The Kier molecular flexibility index (Phi) is 4.55. The van der Waals surface area contributed by atoms with Crippen LogP contribution < -0.4 is 4.74 Å². The van der Waals surface area contributed by atoms with Gasteiger partial charge in [-0.25, -0.2) is 0 Å². The molecule has 1 aliphatic carbocycles. The average molecular weight is 275 g/mol. The van der Waals surface area contributed by atoms with Gasteiger partial charge in [-0.1, -0.05) is 30.7 Å². The number of alkyl halides is 1. The lowest BCUT2D eigenvalue weighted by Crippen LogP contribution is -2.52. The van der Waals surface area contributed by atoms with Gasteiger partial charge in [-0.05, 0) is 18.6 Å². The van der Waals surface area contributed by atoms with Crippen molar-refractivity contribution in [2.24, 2.45) is 0 Å². The second-order valence-corrected chi connectivity index (χ2v) is 5.14. The van der Waals surface area contributed by atoms with Crippen molar-refractivity contribution in [1.82, 2.24) is 0 Å². The van der Waals surface area contributed by atoms with E-state index in [4.69, 9.17) is 32.7 Å². The maximum Gasteiger partial charge on any atom is 0.138 e. The Morgan fingerprint density at radius 1 is 1.35 bits per heavy atom. The molecule has 0 spiro atoms. The van der Waals surface area contributed by atoms with E-state index >= 15 is 0 Å². The highest BCUT2D eigenvalue weighted by Crippen LogP contribution is 2.35. The summed E-state index contributed by atoms with van der Waals surface area (Å²) < 4.78 is 11.5. The molecule has 17 heavy (non-hydrogen) atoms. The third-order valence-corrected chi connectivity index (χ3v) is 3.55. The lowest BCUT2D eigenvalue weighted by atomic mass is 9.91. The highest BCUT2D eigenvalue weighted by molar-refractivity contribution is 6.32. The van der Waals surface area contributed by atoms with E-state index in [0.717, 1.165) is 19.4 Å². The Bertz CT molecular complexity index is 370. The van der Waals surface area contributed by atoms with Gasteiger partial charge in [-0.2, -0.15) is 0 Å². The van der Waals surface area contributed by atoms with Crippen molar-refractivity contribution in [3.8, 4) is 5.75 Å². The van der Waals surface area contributed by atoms with Gasteiger partial charge >= 0.3 is 0 Å². The minimum absolute atomic E-state index is 0.0175. The van der Waals surface area contributed by atoms with Crippen LogP contribution in [-0.4, -0.2) is 24.2 Å². The summed E-state index contributed by atoms with van der Waals surface area (Å²) in [4.78, 5) is 0. The fourth-order valence-corrected chi connectivity index (χ4v) is 2.40. The fraction of sp³-hybridized carbons (Fsp3) is 0.538. The minimum atomic E-state index is -0.0205. The van der Waals surface area contributed by atoms with E-state index in [9.17, 15) is 0 Å².